The van der Waals surface area contributed by atoms with Crippen LogP contribution >= 0.6 is 11.8 Å². The van der Waals surface area contributed by atoms with Crippen molar-refractivity contribution in [1.82, 2.24) is 10.2 Å². The monoisotopic (exact) mass is 298 g/mol. The van der Waals surface area contributed by atoms with E-state index in [0.717, 1.165) is 12.8 Å². The summed E-state index contributed by atoms with van der Waals surface area (Å²) in [5.74, 6) is 3.83. The molecule has 2 saturated heterocycles. The molecule has 0 aromatic heterocycles. The van der Waals surface area contributed by atoms with E-state index in [-0.39, 0.29) is 12.2 Å². The first-order valence-electron chi connectivity index (χ1n) is 8.20. The van der Waals surface area contributed by atoms with E-state index in [4.69, 9.17) is 0 Å². The predicted molar refractivity (Wildman–Crippen MR) is 86.8 cm³/mol. The Kier molecular flexibility index (Phi) is 5.79. The number of carbonyl (C=O) groups excluding carboxylic acids is 1. The molecule has 3 unspecified atom stereocenters. The number of hydrogen-bond acceptors (Lipinski definition) is 3. The van der Waals surface area contributed by atoms with Gasteiger partial charge < -0.3 is 4.90 Å². The molecule has 2 rings (SSSR count). The number of nitrogens with one attached hydrogen (secondary N) is 1. The summed E-state index contributed by atoms with van der Waals surface area (Å²) in [5, 5.41) is 3.64. The van der Waals surface area contributed by atoms with Crippen molar-refractivity contribution in [3.05, 3.63) is 0 Å². The summed E-state index contributed by atoms with van der Waals surface area (Å²) in [5.41, 5.74) is 0. The van der Waals surface area contributed by atoms with Gasteiger partial charge in [-0.3, -0.25) is 10.1 Å². The second-order valence-electron chi connectivity index (χ2n) is 6.76. The first-order valence-corrected chi connectivity index (χ1v) is 9.36. The van der Waals surface area contributed by atoms with Gasteiger partial charge in [-0.25, -0.2) is 0 Å². The van der Waals surface area contributed by atoms with Crippen LogP contribution in [-0.2, 0) is 4.79 Å². The van der Waals surface area contributed by atoms with Gasteiger partial charge >= 0.3 is 0 Å². The Labute approximate surface area is 128 Å². The van der Waals surface area contributed by atoms with Crippen molar-refractivity contribution < 1.29 is 4.79 Å². The Morgan fingerprint density at radius 2 is 1.95 bits per heavy atom. The van der Waals surface area contributed by atoms with Crippen LogP contribution < -0.4 is 5.32 Å². The predicted octanol–water partition coefficient (Wildman–Crippen LogP) is 3.10. The Hall–Kier alpha value is -0.220. The summed E-state index contributed by atoms with van der Waals surface area (Å²) in [6, 6.07) is 0.507. The smallest absolute Gasteiger partial charge is 0.241 e. The second kappa shape index (κ2) is 7.17. The molecule has 3 atom stereocenters. The number of thioether (sulfide) groups is 1. The van der Waals surface area contributed by atoms with E-state index in [2.05, 4.69) is 37.9 Å². The fraction of sp³-hybridized carbons (Fsp3) is 0.938. The van der Waals surface area contributed by atoms with Crippen LogP contribution in [0.3, 0.4) is 0 Å². The molecule has 116 valence electrons. The quantitative estimate of drug-likeness (QED) is 0.846. The van der Waals surface area contributed by atoms with Crippen molar-refractivity contribution in [2.45, 2.75) is 71.6 Å². The van der Waals surface area contributed by atoms with Crippen LogP contribution in [0.15, 0.2) is 0 Å². The van der Waals surface area contributed by atoms with Gasteiger partial charge in [-0.15, -0.1) is 0 Å². The molecule has 0 radical (unpaired) electrons. The average Bonchev–Trinajstić information content (AvgIpc) is 2.75. The van der Waals surface area contributed by atoms with Gasteiger partial charge in [0, 0.05) is 6.04 Å². The topological polar surface area (TPSA) is 32.3 Å². The minimum atomic E-state index is 0.0401. The van der Waals surface area contributed by atoms with E-state index in [1.165, 1.54) is 24.3 Å². The molecule has 0 aromatic carbocycles. The van der Waals surface area contributed by atoms with E-state index in [0.29, 0.717) is 23.8 Å². The summed E-state index contributed by atoms with van der Waals surface area (Å²) in [4.78, 5) is 15.1. The van der Waals surface area contributed by atoms with Crippen LogP contribution in [0, 0.1) is 11.8 Å². The molecule has 2 fully saturated rings. The molecule has 20 heavy (non-hydrogen) atoms. The zero-order valence-electron chi connectivity index (χ0n) is 13.4. The van der Waals surface area contributed by atoms with E-state index in [1.54, 1.807) is 0 Å². The van der Waals surface area contributed by atoms with Crippen LogP contribution in [0.4, 0.5) is 0 Å². The number of rotatable bonds is 5. The van der Waals surface area contributed by atoms with Gasteiger partial charge in [0.25, 0.3) is 0 Å². The number of amides is 1. The van der Waals surface area contributed by atoms with Gasteiger partial charge in [0.15, 0.2) is 0 Å². The standard InChI is InChI=1S/C16H30N2OS/c1-5-12(4)15-16(19)18(13-6-8-20-9-7-13)14(17-15)10-11(2)3/h11-15,17H,5-10H2,1-4H3. The second-order valence-corrected chi connectivity index (χ2v) is 7.99. The van der Waals surface area contributed by atoms with Gasteiger partial charge in [0.2, 0.25) is 5.91 Å². The summed E-state index contributed by atoms with van der Waals surface area (Å²) >= 11 is 2.03. The number of nitrogens with zero attached hydrogens (tertiary/aromatic N) is 1. The maximum absolute atomic E-state index is 12.9. The lowest BCUT2D eigenvalue weighted by atomic mass is 9.99. The lowest BCUT2D eigenvalue weighted by Gasteiger charge is -2.35. The minimum absolute atomic E-state index is 0.0401. The fourth-order valence-electron chi connectivity index (χ4n) is 3.34. The zero-order chi connectivity index (χ0) is 14.7. The molecule has 0 spiro atoms. The largest absolute Gasteiger partial charge is 0.323 e. The van der Waals surface area contributed by atoms with E-state index < -0.39 is 0 Å². The third kappa shape index (κ3) is 3.51. The normalized spacial score (nSPS) is 30.2. The highest BCUT2D eigenvalue weighted by molar-refractivity contribution is 7.99. The maximum Gasteiger partial charge on any atom is 0.241 e. The molecule has 1 amide bonds. The molecule has 0 aliphatic carbocycles. The van der Waals surface area contributed by atoms with Crippen LogP contribution in [0.1, 0.15) is 53.4 Å². The van der Waals surface area contributed by atoms with Gasteiger partial charge in [-0.05, 0) is 42.6 Å². The summed E-state index contributed by atoms with van der Waals surface area (Å²) in [6.45, 7) is 8.87. The molecule has 2 aliphatic heterocycles. The lowest BCUT2D eigenvalue weighted by molar-refractivity contribution is -0.133. The highest BCUT2D eigenvalue weighted by atomic mass is 32.2. The average molecular weight is 298 g/mol. The molecule has 3 nitrogen and oxygen atoms in total. The summed E-state index contributed by atoms with van der Waals surface area (Å²) in [7, 11) is 0. The third-order valence-electron chi connectivity index (χ3n) is 4.72. The highest BCUT2D eigenvalue weighted by Crippen LogP contribution is 2.30. The Bertz CT molecular complexity index is 328. The maximum atomic E-state index is 12.9. The molecular weight excluding hydrogens is 268 g/mol. The first kappa shape index (κ1) is 16.2. The van der Waals surface area contributed by atoms with Crippen molar-refractivity contribution in [1.29, 1.82) is 0 Å². The van der Waals surface area contributed by atoms with Gasteiger partial charge in [0.1, 0.15) is 0 Å². The van der Waals surface area contributed by atoms with Gasteiger partial charge in [0.05, 0.1) is 12.2 Å². The summed E-state index contributed by atoms with van der Waals surface area (Å²) in [6.07, 6.45) is 4.73. The van der Waals surface area contributed by atoms with Crippen LogP contribution in [-0.4, -0.2) is 40.6 Å². The van der Waals surface area contributed by atoms with Gasteiger partial charge in [-0.2, -0.15) is 11.8 Å². The minimum Gasteiger partial charge on any atom is -0.323 e. The van der Waals surface area contributed by atoms with Crippen LogP contribution in [0.2, 0.25) is 0 Å². The van der Waals surface area contributed by atoms with Crippen molar-refractivity contribution in [2.24, 2.45) is 11.8 Å². The molecule has 2 aliphatic rings. The number of carbonyl (C=O) groups is 1. The Morgan fingerprint density at radius 3 is 2.50 bits per heavy atom. The van der Waals surface area contributed by atoms with Crippen LogP contribution in [0.5, 0.6) is 0 Å². The van der Waals surface area contributed by atoms with E-state index >= 15 is 0 Å². The highest BCUT2D eigenvalue weighted by Gasteiger charge is 2.44. The molecule has 2 heterocycles. The third-order valence-corrected chi connectivity index (χ3v) is 5.77. The molecule has 0 aromatic rings. The Morgan fingerprint density at radius 1 is 1.30 bits per heavy atom. The molecule has 0 saturated carbocycles. The van der Waals surface area contributed by atoms with Gasteiger partial charge in [-0.1, -0.05) is 34.1 Å². The van der Waals surface area contributed by atoms with Crippen molar-refractivity contribution in [2.75, 3.05) is 11.5 Å². The number of hydrogen-bond donors (Lipinski definition) is 1. The molecular formula is C16H30N2OS. The summed E-state index contributed by atoms with van der Waals surface area (Å²) < 4.78 is 0. The van der Waals surface area contributed by atoms with Crippen molar-refractivity contribution in [3.63, 3.8) is 0 Å². The van der Waals surface area contributed by atoms with Crippen molar-refractivity contribution in [3.8, 4) is 0 Å². The zero-order valence-corrected chi connectivity index (χ0v) is 14.2. The molecule has 4 heteroatoms. The first-order chi connectivity index (χ1) is 9.54. The molecule has 1 N–H and O–H groups in total. The Balaban J connectivity index is 2.12. The van der Waals surface area contributed by atoms with Crippen molar-refractivity contribution >= 4 is 17.7 Å². The van der Waals surface area contributed by atoms with E-state index in [9.17, 15) is 4.79 Å². The van der Waals surface area contributed by atoms with E-state index in [1.807, 2.05) is 11.8 Å². The SMILES string of the molecule is CCC(C)C1NC(CC(C)C)N(C2CCSCC2)C1=O. The van der Waals surface area contributed by atoms with Crippen LogP contribution in [0.25, 0.3) is 0 Å². The lowest BCUT2D eigenvalue weighted by Crippen LogP contribution is -2.46. The fourth-order valence-corrected chi connectivity index (χ4v) is 4.42. The molecule has 0 bridgehead atoms.